The van der Waals surface area contributed by atoms with Crippen molar-refractivity contribution >= 4 is 18.6 Å². The van der Waals surface area contributed by atoms with Crippen LogP contribution in [0.15, 0.2) is 54.7 Å². The topological polar surface area (TPSA) is 112 Å². The number of nitrogens with zero attached hydrogens (tertiary/aromatic N) is 1. The highest BCUT2D eigenvalue weighted by Gasteiger charge is 2.36. The Morgan fingerprint density at radius 1 is 0.914 bits per heavy atom. The molecule has 0 spiro atoms. The molecule has 3 rings (SSSR count). The lowest BCUT2D eigenvalue weighted by atomic mass is 9.91. The summed E-state index contributed by atoms with van der Waals surface area (Å²) >= 11 is 0. The molecule has 0 aliphatic heterocycles. The van der Waals surface area contributed by atoms with Gasteiger partial charge in [-0.15, -0.1) is 0 Å². The number of aryl methyl sites for hydroxylation is 2. The minimum absolute atomic E-state index is 0.0711. The third kappa shape index (κ3) is 7.66. The molecule has 2 aromatic carbocycles. The van der Waals surface area contributed by atoms with Crippen LogP contribution in [-0.2, 0) is 27.5 Å². The van der Waals surface area contributed by atoms with Crippen molar-refractivity contribution < 1.29 is 29.1 Å². The molecule has 0 aliphatic carbocycles. The summed E-state index contributed by atoms with van der Waals surface area (Å²) in [5.74, 6) is -0.0711. The number of phosphoric acid groups is 1. The van der Waals surface area contributed by atoms with E-state index < -0.39 is 26.6 Å². The van der Waals surface area contributed by atoms with E-state index >= 15 is 0 Å². The lowest BCUT2D eigenvalue weighted by Gasteiger charge is -2.34. The monoisotopic (exact) mass is 503 g/mol. The van der Waals surface area contributed by atoms with Gasteiger partial charge in [-0.3, -0.25) is 4.52 Å². The van der Waals surface area contributed by atoms with E-state index in [2.05, 4.69) is 31.2 Å². The maximum absolute atomic E-state index is 11.5. The fourth-order valence-electron chi connectivity index (χ4n) is 4.53. The van der Waals surface area contributed by atoms with Gasteiger partial charge in [0.2, 0.25) is 0 Å². The standard InChI is InChI=1S/C27H38NO6P/c1-2-3-4-5-6-7-10-22-13-15-23(16-14-22)17-18-27(20-29,21-34-35(31,32)33)28-19-24-11-8-9-12-25(24)26(28)30/h8-9,11-16,19,29-30H,2-7,10,17-18,20-21H2,1H3,(H2,31,32,33)/t27-/m0/s1. The predicted octanol–water partition coefficient (Wildman–Crippen LogP) is 5.68. The normalized spacial score (nSPS) is 13.8. The van der Waals surface area contributed by atoms with Crippen molar-refractivity contribution in [2.75, 3.05) is 13.2 Å². The molecule has 1 aromatic heterocycles. The summed E-state index contributed by atoms with van der Waals surface area (Å²) in [6, 6.07) is 15.6. The smallest absolute Gasteiger partial charge is 0.469 e. The zero-order valence-corrected chi connectivity index (χ0v) is 21.4. The fraction of sp³-hybridized carbons (Fsp3) is 0.481. The Bertz CT molecular complexity index is 1110. The number of aliphatic hydroxyl groups excluding tert-OH is 1. The first-order valence-electron chi connectivity index (χ1n) is 12.5. The van der Waals surface area contributed by atoms with Crippen molar-refractivity contribution in [2.24, 2.45) is 0 Å². The van der Waals surface area contributed by atoms with Crippen LogP contribution in [0.4, 0.5) is 0 Å². The fourth-order valence-corrected chi connectivity index (χ4v) is 4.94. The largest absolute Gasteiger partial charge is 0.494 e. The van der Waals surface area contributed by atoms with Crippen molar-refractivity contribution in [3.05, 3.63) is 65.9 Å². The predicted molar refractivity (Wildman–Crippen MR) is 139 cm³/mol. The summed E-state index contributed by atoms with van der Waals surface area (Å²) in [5.41, 5.74) is 1.08. The highest BCUT2D eigenvalue weighted by atomic mass is 31.2. The van der Waals surface area contributed by atoms with Crippen LogP contribution in [0.1, 0.15) is 63.0 Å². The number of aromatic hydroxyl groups is 1. The second-order valence-electron chi connectivity index (χ2n) is 9.39. The summed E-state index contributed by atoms with van der Waals surface area (Å²) in [6.07, 6.45) is 11.2. The van der Waals surface area contributed by atoms with Gasteiger partial charge in [-0.05, 0) is 42.9 Å². The summed E-state index contributed by atoms with van der Waals surface area (Å²) in [4.78, 5) is 18.6. The molecule has 0 bridgehead atoms. The molecule has 8 heteroatoms. The van der Waals surface area contributed by atoms with Crippen molar-refractivity contribution in [1.82, 2.24) is 4.57 Å². The zero-order chi connectivity index (χ0) is 25.3. The van der Waals surface area contributed by atoms with Crippen molar-refractivity contribution in [3.63, 3.8) is 0 Å². The van der Waals surface area contributed by atoms with Crippen LogP contribution in [0.25, 0.3) is 10.8 Å². The maximum Gasteiger partial charge on any atom is 0.469 e. The molecule has 0 saturated heterocycles. The van der Waals surface area contributed by atoms with Gasteiger partial charge in [0.05, 0.1) is 18.8 Å². The van der Waals surface area contributed by atoms with Gasteiger partial charge in [-0.1, -0.05) is 81.5 Å². The number of phosphoric ester groups is 1. The Hall–Kier alpha value is -2.15. The highest BCUT2D eigenvalue weighted by molar-refractivity contribution is 7.46. The van der Waals surface area contributed by atoms with Crippen molar-refractivity contribution in [3.8, 4) is 5.88 Å². The summed E-state index contributed by atoms with van der Waals surface area (Å²) in [6.45, 7) is 1.32. The second-order valence-corrected chi connectivity index (χ2v) is 10.6. The van der Waals surface area contributed by atoms with Crippen LogP contribution < -0.4 is 0 Å². The van der Waals surface area contributed by atoms with Gasteiger partial charge in [-0.25, -0.2) is 4.57 Å². The van der Waals surface area contributed by atoms with E-state index in [1.165, 1.54) is 48.7 Å². The Balaban J connectivity index is 1.72. The molecule has 3 aromatic rings. The SMILES string of the molecule is CCCCCCCCc1ccc(CC[C@](CO)(COP(=O)(O)O)n2cc3ccccc3c2O)cc1. The quantitative estimate of drug-likeness (QED) is 0.157. The Morgan fingerprint density at radius 2 is 1.54 bits per heavy atom. The van der Waals surface area contributed by atoms with Crippen LogP contribution in [0.2, 0.25) is 0 Å². The number of rotatable bonds is 15. The number of unbranched alkanes of at least 4 members (excludes halogenated alkanes) is 5. The molecule has 0 fully saturated rings. The number of aromatic nitrogens is 1. The first-order chi connectivity index (χ1) is 16.8. The Morgan fingerprint density at radius 3 is 2.17 bits per heavy atom. The average molecular weight is 504 g/mol. The summed E-state index contributed by atoms with van der Waals surface area (Å²) in [5, 5.41) is 22.6. The van der Waals surface area contributed by atoms with Gasteiger partial charge in [0.15, 0.2) is 5.88 Å². The van der Waals surface area contributed by atoms with Gasteiger partial charge in [0.25, 0.3) is 0 Å². The first-order valence-corrected chi connectivity index (χ1v) is 14.0. The molecule has 0 unspecified atom stereocenters. The highest BCUT2D eigenvalue weighted by Crippen LogP contribution is 2.41. The lowest BCUT2D eigenvalue weighted by Crippen LogP contribution is -2.42. The van der Waals surface area contributed by atoms with Crippen LogP contribution in [0.3, 0.4) is 0 Å². The van der Waals surface area contributed by atoms with Gasteiger partial charge < -0.3 is 24.6 Å². The van der Waals surface area contributed by atoms with Gasteiger partial charge in [-0.2, -0.15) is 0 Å². The van der Waals surface area contributed by atoms with Crippen molar-refractivity contribution in [2.45, 2.75) is 70.3 Å². The maximum atomic E-state index is 11.5. The molecule has 4 N–H and O–H groups in total. The van der Waals surface area contributed by atoms with Crippen LogP contribution in [0.5, 0.6) is 5.88 Å². The van der Waals surface area contributed by atoms with E-state index in [0.717, 1.165) is 17.4 Å². The number of hydrogen-bond donors (Lipinski definition) is 4. The minimum atomic E-state index is -4.77. The molecule has 0 saturated carbocycles. The Kier molecular flexibility index (Phi) is 9.96. The molecule has 0 aliphatic rings. The third-order valence-electron chi connectivity index (χ3n) is 6.73. The molecular formula is C27H38NO6P. The summed E-state index contributed by atoms with van der Waals surface area (Å²) < 4.78 is 17.8. The lowest BCUT2D eigenvalue weighted by molar-refractivity contribution is 0.0470. The van der Waals surface area contributed by atoms with E-state index in [1.807, 2.05) is 12.1 Å². The van der Waals surface area contributed by atoms with Gasteiger partial charge in [0.1, 0.15) is 0 Å². The van der Waals surface area contributed by atoms with E-state index in [9.17, 15) is 24.6 Å². The first kappa shape index (κ1) is 27.4. The third-order valence-corrected chi connectivity index (χ3v) is 7.19. The molecule has 35 heavy (non-hydrogen) atoms. The van der Waals surface area contributed by atoms with Crippen LogP contribution >= 0.6 is 7.82 Å². The number of fused-ring (bicyclic) bond motifs is 1. The zero-order valence-electron chi connectivity index (χ0n) is 20.5. The molecule has 7 nitrogen and oxygen atoms in total. The molecule has 0 radical (unpaired) electrons. The number of benzene rings is 2. The molecule has 1 atom stereocenters. The van der Waals surface area contributed by atoms with E-state index in [-0.39, 0.29) is 5.88 Å². The van der Waals surface area contributed by atoms with Crippen LogP contribution in [0, 0.1) is 0 Å². The molecule has 1 heterocycles. The molecular weight excluding hydrogens is 465 g/mol. The molecule has 0 amide bonds. The minimum Gasteiger partial charge on any atom is -0.494 e. The van der Waals surface area contributed by atoms with Gasteiger partial charge >= 0.3 is 7.82 Å². The van der Waals surface area contributed by atoms with E-state index in [0.29, 0.717) is 18.2 Å². The second kappa shape index (κ2) is 12.7. The van der Waals surface area contributed by atoms with Crippen LogP contribution in [-0.4, -0.2) is 37.8 Å². The van der Waals surface area contributed by atoms with Gasteiger partial charge in [0, 0.05) is 17.0 Å². The Labute approximate surface area is 207 Å². The van der Waals surface area contributed by atoms with E-state index in [1.54, 1.807) is 18.3 Å². The summed E-state index contributed by atoms with van der Waals surface area (Å²) in [7, 11) is -4.77. The van der Waals surface area contributed by atoms with Crippen molar-refractivity contribution in [1.29, 1.82) is 0 Å². The average Bonchev–Trinajstić information content (AvgIpc) is 3.19. The number of aliphatic hydroxyl groups is 1. The number of hydrogen-bond acceptors (Lipinski definition) is 4. The van der Waals surface area contributed by atoms with E-state index in [4.69, 9.17) is 4.52 Å². The molecule has 192 valence electrons.